The Hall–Kier alpha value is -2.55. The van der Waals surface area contributed by atoms with Crippen molar-refractivity contribution in [3.05, 3.63) is 35.1 Å². The van der Waals surface area contributed by atoms with E-state index in [1.165, 1.54) is 0 Å². The van der Waals surface area contributed by atoms with Gasteiger partial charge in [0.1, 0.15) is 6.10 Å². The first-order chi connectivity index (χ1) is 13.1. The fraction of sp³-hybridized carbons (Fsp3) is 0.389. The Morgan fingerprint density at radius 2 is 1.96 bits per heavy atom. The van der Waals surface area contributed by atoms with Crippen LogP contribution in [0.25, 0.3) is 0 Å². The predicted octanol–water partition coefficient (Wildman–Crippen LogP) is 3.33. The minimum absolute atomic E-state index is 0.143. The number of methoxy groups -OCH3 is 2. The molecule has 2 amide bonds. The minimum atomic E-state index is -0.188. The van der Waals surface area contributed by atoms with Crippen molar-refractivity contribution in [2.45, 2.75) is 18.9 Å². The molecule has 1 fully saturated rings. The molecule has 0 bridgehead atoms. The molecule has 1 N–H and O–H groups in total. The predicted molar refractivity (Wildman–Crippen MR) is 104 cm³/mol. The Kier molecular flexibility index (Phi) is 6.33. The Balaban J connectivity index is 1.60. The number of piperidine rings is 1. The summed E-state index contributed by atoms with van der Waals surface area (Å²) in [6.45, 7) is 1.14. The second-order valence-corrected chi connectivity index (χ2v) is 6.93. The summed E-state index contributed by atoms with van der Waals surface area (Å²) in [5, 5.41) is 2.89. The smallest absolute Gasteiger partial charge is 0.321 e. The van der Waals surface area contributed by atoms with Crippen molar-refractivity contribution in [3.63, 3.8) is 0 Å². The summed E-state index contributed by atoms with van der Waals surface area (Å²) in [5.41, 5.74) is 0.636. The molecule has 2 heterocycles. The molecule has 1 aromatic heterocycles. The first-order valence-electron chi connectivity index (χ1n) is 8.51. The van der Waals surface area contributed by atoms with Gasteiger partial charge in [0.15, 0.2) is 11.5 Å². The molecular formula is C18H21BrN4O4. The zero-order valence-electron chi connectivity index (χ0n) is 15.1. The molecule has 1 aliphatic heterocycles. The van der Waals surface area contributed by atoms with Crippen molar-refractivity contribution in [3.8, 4) is 17.5 Å². The molecule has 1 atom stereocenters. The number of urea groups is 1. The van der Waals surface area contributed by atoms with Crippen molar-refractivity contribution >= 4 is 27.6 Å². The van der Waals surface area contributed by atoms with Gasteiger partial charge in [-0.25, -0.2) is 14.8 Å². The molecule has 8 nitrogen and oxygen atoms in total. The number of rotatable bonds is 5. The lowest BCUT2D eigenvalue weighted by molar-refractivity contribution is 0.0982. The summed E-state index contributed by atoms with van der Waals surface area (Å²) < 4.78 is 17.1. The lowest BCUT2D eigenvalue weighted by atomic mass is 10.1. The summed E-state index contributed by atoms with van der Waals surface area (Å²) in [4.78, 5) is 22.6. The molecule has 1 unspecified atom stereocenters. The van der Waals surface area contributed by atoms with E-state index in [1.54, 1.807) is 49.7 Å². The van der Waals surface area contributed by atoms with Gasteiger partial charge in [0.2, 0.25) is 0 Å². The van der Waals surface area contributed by atoms with Crippen LogP contribution in [-0.4, -0.2) is 54.3 Å². The monoisotopic (exact) mass is 436 g/mol. The molecule has 0 aliphatic carbocycles. The van der Waals surface area contributed by atoms with Gasteiger partial charge in [-0.1, -0.05) is 0 Å². The zero-order chi connectivity index (χ0) is 19.2. The fourth-order valence-electron chi connectivity index (χ4n) is 2.85. The van der Waals surface area contributed by atoms with Gasteiger partial charge in [-0.2, -0.15) is 0 Å². The number of nitrogens with one attached hydrogen (secondary N) is 1. The molecular weight excluding hydrogens is 416 g/mol. The first-order valence-corrected chi connectivity index (χ1v) is 9.30. The zero-order valence-corrected chi connectivity index (χ0v) is 16.7. The van der Waals surface area contributed by atoms with Gasteiger partial charge in [0.05, 0.1) is 25.2 Å². The van der Waals surface area contributed by atoms with E-state index in [2.05, 4.69) is 31.2 Å². The van der Waals surface area contributed by atoms with Crippen molar-refractivity contribution in [2.75, 3.05) is 32.6 Å². The lowest BCUT2D eigenvalue weighted by Gasteiger charge is -2.32. The van der Waals surface area contributed by atoms with Gasteiger partial charge in [-0.3, -0.25) is 0 Å². The molecule has 0 radical (unpaired) electrons. The summed E-state index contributed by atoms with van der Waals surface area (Å²) >= 11 is 3.29. The average molecular weight is 437 g/mol. The van der Waals surface area contributed by atoms with Gasteiger partial charge in [-0.15, -0.1) is 0 Å². The minimum Gasteiger partial charge on any atom is -0.493 e. The molecule has 1 aliphatic rings. The number of halogens is 1. The largest absolute Gasteiger partial charge is 0.493 e. The van der Waals surface area contributed by atoms with Gasteiger partial charge in [0, 0.05) is 30.7 Å². The number of anilines is 1. The molecule has 2 aromatic rings. The summed E-state index contributed by atoms with van der Waals surface area (Å²) in [5.74, 6) is 1.17. The van der Waals surface area contributed by atoms with Crippen LogP contribution in [0.4, 0.5) is 10.5 Å². The standard InChI is InChI=1S/C18H21BrN4O4/c1-25-15-6-5-13(8-16(15)26-2)22-18(24)23-7-3-4-14(11-23)27-17-20-9-12(19)10-21-17/h5-6,8-10,14H,3-4,7,11H2,1-2H3,(H,22,24). The number of amides is 2. The quantitative estimate of drug-likeness (QED) is 0.773. The highest BCUT2D eigenvalue weighted by Crippen LogP contribution is 2.30. The maximum absolute atomic E-state index is 12.6. The van der Waals surface area contributed by atoms with Crippen LogP contribution in [0.15, 0.2) is 35.1 Å². The molecule has 27 heavy (non-hydrogen) atoms. The average Bonchev–Trinajstić information content (AvgIpc) is 2.70. The van der Waals surface area contributed by atoms with Crippen LogP contribution in [0.3, 0.4) is 0 Å². The molecule has 0 saturated carbocycles. The normalized spacial score (nSPS) is 16.6. The molecule has 144 valence electrons. The lowest BCUT2D eigenvalue weighted by Crippen LogP contribution is -2.46. The summed E-state index contributed by atoms with van der Waals surface area (Å²) in [6.07, 6.45) is 4.82. The third-order valence-electron chi connectivity index (χ3n) is 4.17. The number of benzene rings is 1. The van der Waals surface area contributed by atoms with E-state index >= 15 is 0 Å². The number of ether oxygens (including phenoxy) is 3. The third-order valence-corrected chi connectivity index (χ3v) is 4.58. The Morgan fingerprint density at radius 3 is 2.67 bits per heavy atom. The van der Waals surface area contributed by atoms with Gasteiger partial charge in [0.25, 0.3) is 0 Å². The van der Waals surface area contributed by atoms with E-state index in [0.29, 0.717) is 36.3 Å². The molecule has 0 spiro atoms. The Labute approximate surface area is 166 Å². The van der Waals surface area contributed by atoms with E-state index in [0.717, 1.165) is 17.3 Å². The number of carbonyl (C=O) groups excluding carboxylic acids is 1. The van der Waals surface area contributed by atoms with E-state index < -0.39 is 0 Å². The summed E-state index contributed by atoms with van der Waals surface area (Å²) in [7, 11) is 3.12. The molecule has 9 heteroatoms. The Morgan fingerprint density at radius 1 is 1.22 bits per heavy atom. The van der Waals surface area contributed by atoms with Crippen LogP contribution in [0.5, 0.6) is 17.5 Å². The summed E-state index contributed by atoms with van der Waals surface area (Å²) in [6, 6.07) is 5.37. The molecule has 1 saturated heterocycles. The number of carbonyl (C=O) groups is 1. The van der Waals surface area contributed by atoms with Crippen molar-refractivity contribution in [2.24, 2.45) is 0 Å². The number of aromatic nitrogens is 2. The van der Waals surface area contributed by atoms with Gasteiger partial charge in [-0.05, 0) is 40.9 Å². The van der Waals surface area contributed by atoms with Crippen LogP contribution in [0, 0.1) is 0 Å². The molecule has 1 aromatic carbocycles. The third kappa shape index (κ3) is 5.00. The number of likely N-dealkylation sites (tertiary alicyclic amines) is 1. The second kappa shape index (κ2) is 8.90. The number of nitrogens with zero attached hydrogens (tertiary/aromatic N) is 3. The van der Waals surface area contributed by atoms with Crippen molar-refractivity contribution < 1.29 is 19.0 Å². The maximum atomic E-state index is 12.6. The van der Waals surface area contributed by atoms with Crippen LogP contribution in [-0.2, 0) is 0 Å². The van der Waals surface area contributed by atoms with Crippen molar-refractivity contribution in [1.29, 1.82) is 0 Å². The highest BCUT2D eigenvalue weighted by atomic mass is 79.9. The van der Waals surface area contributed by atoms with Crippen LogP contribution >= 0.6 is 15.9 Å². The SMILES string of the molecule is COc1ccc(NC(=O)N2CCCC(Oc3ncc(Br)cn3)C2)cc1OC. The highest BCUT2D eigenvalue weighted by Gasteiger charge is 2.25. The second-order valence-electron chi connectivity index (χ2n) is 6.01. The van der Waals surface area contributed by atoms with Crippen molar-refractivity contribution in [1.82, 2.24) is 14.9 Å². The van der Waals surface area contributed by atoms with Gasteiger partial charge < -0.3 is 24.4 Å². The number of hydrogen-bond donors (Lipinski definition) is 1. The van der Waals surface area contributed by atoms with E-state index in [4.69, 9.17) is 14.2 Å². The highest BCUT2D eigenvalue weighted by molar-refractivity contribution is 9.10. The van der Waals surface area contributed by atoms with E-state index in [1.807, 2.05) is 0 Å². The number of hydrogen-bond acceptors (Lipinski definition) is 6. The van der Waals surface area contributed by atoms with Crippen LogP contribution in [0.2, 0.25) is 0 Å². The topological polar surface area (TPSA) is 85.8 Å². The van der Waals surface area contributed by atoms with E-state index in [9.17, 15) is 4.79 Å². The van der Waals surface area contributed by atoms with Gasteiger partial charge >= 0.3 is 12.0 Å². The fourth-order valence-corrected chi connectivity index (χ4v) is 3.05. The first kappa shape index (κ1) is 19.2. The maximum Gasteiger partial charge on any atom is 0.321 e. The van der Waals surface area contributed by atoms with E-state index in [-0.39, 0.29) is 12.1 Å². The molecule has 3 rings (SSSR count). The van der Waals surface area contributed by atoms with Crippen LogP contribution in [0.1, 0.15) is 12.8 Å². The Bertz CT molecular complexity index is 787. The van der Waals surface area contributed by atoms with Crippen LogP contribution < -0.4 is 19.5 Å².